The fourth-order valence-electron chi connectivity index (χ4n) is 3.32. The fraction of sp³-hybridized carbons (Fsp3) is 0.600. The maximum atomic E-state index is 11.0. The molecule has 0 amide bonds. The average Bonchev–Trinajstić information content (AvgIpc) is 2.56. The van der Waals surface area contributed by atoms with Gasteiger partial charge in [-0.1, -0.05) is 0 Å². The van der Waals surface area contributed by atoms with Crippen LogP contribution in [0.4, 0.5) is 17.1 Å². The third-order valence-electron chi connectivity index (χ3n) is 4.60. The summed E-state index contributed by atoms with van der Waals surface area (Å²) in [5, 5.41) is 11.0. The molecule has 0 radical (unpaired) electrons. The first-order chi connectivity index (χ1) is 10.6. The Kier molecular flexibility index (Phi) is 4.44. The minimum Gasteiger partial charge on any atom is -0.393 e. The van der Waals surface area contributed by atoms with Crippen LogP contribution in [-0.4, -0.2) is 55.3 Å². The van der Waals surface area contributed by atoms with Crippen LogP contribution in [0.1, 0.15) is 12.8 Å². The highest BCUT2D eigenvalue weighted by atomic mass is 16.6. The van der Waals surface area contributed by atoms with Gasteiger partial charge in [0.15, 0.2) is 0 Å². The molecule has 2 heterocycles. The Hall–Kier alpha value is -1.86. The zero-order valence-corrected chi connectivity index (χ0v) is 12.6. The molecule has 0 aliphatic carbocycles. The Morgan fingerprint density at radius 2 is 1.86 bits per heavy atom. The number of nitrogens with two attached hydrogens (primary N) is 1. The molecule has 2 fully saturated rings. The lowest BCUT2D eigenvalue weighted by molar-refractivity contribution is -0.383. The molecule has 22 heavy (non-hydrogen) atoms. The Morgan fingerprint density at radius 1 is 1.18 bits per heavy atom. The number of morpholine rings is 1. The van der Waals surface area contributed by atoms with Crippen molar-refractivity contribution < 1.29 is 9.66 Å². The summed E-state index contributed by atoms with van der Waals surface area (Å²) in [6.45, 7) is 5.51. The maximum Gasteiger partial charge on any atom is 0.294 e. The molecular formula is C15H22N4O3. The van der Waals surface area contributed by atoms with Gasteiger partial charge in [0.05, 0.1) is 18.1 Å². The lowest BCUT2D eigenvalue weighted by Gasteiger charge is -2.40. The molecule has 2 aliphatic heterocycles. The molecule has 0 bridgehead atoms. The Balaban J connectivity index is 1.63. The van der Waals surface area contributed by atoms with Crippen LogP contribution in [0.2, 0.25) is 0 Å². The molecule has 2 saturated heterocycles. The number of nitro benzene ring substituents is 1. The summed E-state index contributed by atoms with van der Waals surface area (Å²) >= 11 is 0. The summed E-state index contributed by atoms with van der Waals surface area (Å²) in [5.41, 5.74) is 6.76. The van der Waals surface area contributed by atoms with Crippen LogP contribution >= 0.6 is 0 Å². The summed E-state index contributed by atoms with van der Waals surface area (Å²) in [5.74, 6) is 0. The number of nitro groups is 1. The molecule has 0 atom stereocenters. The second-order valence-electron chi connectivity index (χ2n) is 5.87. The van der Waals surface area contributed by atoms with Crippen molar-refractivity contribution >= 4 is 17.1 Å². The molecule has 3 rings (SSSR count). The summed E-state index contributed by atoms with van der Waals surface area (Å²) in [6, 6.07) is 5.69. The number of hydrogen-bond acceptors (Lipinski definition) is 6. The van der Waals surface area contributed by atoms with E-state index in [4.69, 9.17) is 10.5 Å². The van der Waals surface area contributed by atoms with Crippen LogP contribution in [-0.2, 0) is 4.74 Å². The zero-order valence-electron chi connectivity index (χ0n) is 12.6. The molecule has 2 aliphatic rings. The van der Waals surface area contributed by atoms with Gasteiger partial charge in [-0.3, -0.25) is 15.0 Å². The van der Waals surface area contributed by atoms with E-state index in [1.807, 2.05) is 6.07 Å². The zero-order chi connectivity index (χ0) is 15.5. The van der Waals surface area contributed by atoms with Gasteiger partial charge in [0.1, 0.15) is 5.69 Å². The number of benzene rings is 1. The molecule has 120 valence electrons. The van der Waals surface area contributed by atoms with Gasteiger partial charge in [-0.25, -0.2) is 0 Å². The molecule has 0 aromatic heterocycles. The second kappa shape index (κ2) is 6.50. The molecule has 2 N–H and O–H groups in total. The van der Waals surface area contributed by atoms with Crippen molar-refractivity contribution in [2.45, 2.75) is 18.9 Å². The molecule has 7 heteroatoms. The molecule has 0 saturated carbocycles. The topological polar surface area (TPSA) is 84.9 Å². The van der Waals surface area contributed by atoms with Crippen LogP contribution in [0, 0.1) is 10.1 Å². The highest BCUT2D eigenvalue weighted by Crippen LogP contribution is 2.29. The first-order valence-corrected chi connectivity index (χ1v) is 7.76. The SMILES string of the molecule is Nc1ccc(N2CCC(N3CCOCC3)CC2)cc1[N+](=O)[O-]. The van der Waals surface area contributed by atoms with Crippen LogP contribution in [0.5, 0.6) is 0 Å². The minimum absolute atomic E-state index is 0.00666. The Morgan fingerprint density at radius 3 is 2.50 bits per heavy atom. The van der Waals surface area contributed by atoms with Crippen LogP contribution < -0.4 is 10.6 Å². The quantitative estimate of drug-likeness (QED) is 0.517. The molecular weight excluding hydrogens is 284 g/mol. The third-order valence-corrected chi connectivity index (χ3v) is 4.60. The van der Waals surface area contributed by atoms with Crippen molar-refractivity contribution in [2.24, 2.45) is 0 Å². The number of ether oxygens (including phenoxy) is 1. The van der Waals surface area contributed by atoms with E-state index < -0.39 is 4.92 Å². The Labute approximate surface area is 129 Å². The van der Waals surface area contributed by atoms with E-state index in [9.17, 15) is 10.1 Å². The van der Waals surface area contributed by atoms with Crippen molar-refractivity contribution in [3.63, 3.8) is 0 Å². The highest BCUT2D eigenvalue weighted by molar-refractivity contribution is 5.66. The first-order valence-electron chi connectivity index (χ1n) is 7.76. The summed E-state index contributed by atoms with van der Waals surface area (Å²) in [4.78, 5) is 15.3. The minimum atomic E-state index is -0.417. The molecule has 1 aromatic rings. The Bertz CT molecular complexity index is 538. The average molecular weight is 306 g/mol. The fourth-order valence-corrected chi connectivity index (χ4v) is 3.32. The van der Waals surface area contributed by atoms with E-state index >= 15 is 0 Å². The van der Waals surface area contributed by atoms with Gasteiger partial charge in [0.25, 0.3) is 5.69 Å². The third kappa shape index (κ3) is 3.15. The van der Waals surface area contributed by atoms with Gasteiger partial charge in [-0.15, -0.1) is 0 Å². The van der Waals surface area contributed by atoms with Crippen molar-refractivity contribution in [3.8, 4) is 0 Å². The van der Waals surface area contributed by atoms with Crippen LogP contribution in [0.15, 0.2) is 18.2 Å². The number of piperidine rings is 1. The van der Waals surface area contributed by atoms with Gasteiger partial charge >= 0.3 is 0 Å². The molecule has 1 aromatic carbocycles. The summed E-state index contributed by atoms with van der Waals surface area (Å²) in [6.07, 6.45) is 2.16. The van der Waals surface area contributed by atoms with Gasteiger partial charge in [0.2, 0.25) is 0 Å². The van der Waals surface area contributed by atoms with Crippen molar-refractivity contribution in [2.75, 3.05) is 50.0 Å². The maximum absolute atomic E-state index is 11.0. The van der Waals surface area contributed by atoms with Gasteiger partial charge < -0.3 is 15.4 Å². The monoisotopic (exact) mass is 306 g/mol. The normalized spacial score (nSPS) is 21.0. The number of anilines is 2. The van der Waals surface area contributed by atoms with E-state index in [1.165, 1.54) is 0 Å². The second-order valence-corrected chi connectivity index (χ2v) is 5.87. The van der Waals surface area contributed by atoms with E-state index in [1.54, 1.807) is 12.1 Å². The van der Waals surface area contributed by atoms with E-state index in [-0.39, 0.29) is 11.4 Å². The van der Waals surface area contributed by atoms with Crippen LogP contribution in [0.3, 0.4) is 0 Å². The van der Waals surface area contributed by atoms with Crippen LogP contribution in [0.25, 0.3) is 0 Å². The smallest absolute Gasteiger partial charge is 0.294 e. The van der Waals surface area contributed by atoms with Gasteiger partial charge in [0, 0.05) is 44.0 Å². The largest absolute Gasteiger partial charge is 0.393 e. The number of nitrogens with zero attached hydrogens (tertiary/aromatic N) is 3. The molecule has 7 nitrogen and oxygen atoms in total. The number of nitrogen functional groups attached to an aromatic ring is 1. The lowest BCUT2D eigenvalue weighted by Crippen LogP contribution is -2.49. The first kappa shape index (κ1) is 15.1. The molecule has 0 spiro atoms. The van der Waals surface area contributed by atoms with E-state index in [0.29, 0.717) is 6.04 Å². The standard InChI is InChI=1S/C15H22N4O3/c16-14-2-1-13(11-15(14)19(20)21)17-5-3-12(4-6-17)18-7-9-22-10-8-18/h1-2,11-12H,3-10,16H2. The molecule has 0 unspecified atom stereocenters. The number of rotatable bonds is 3. The summed E-state index contributed by atoms with van der Waals surface area (Å²) < 4.78 is 5.40. The van der Waals surface area contributed by atoms with Gasteiger partial charge in [-0.05, 0) is 25.0 Å². The number of hydrogen-bond donors (Lipinski definition) is 1. The van der Waals surface area contributed by atoms with Crippen molar-refractivity contribution in [1.82, 2.24) is 4.90 Å². The van der Waals surface area contributed by atoms with E-state index in [0.717, 1.165) is 57.9 Å². The lowest BCUT2D eigenvalue weighted by atomic mass is 10.0. The summed E-state index contributed by atoms with van der Waals surface area (Å²) in [7, 11) is 0. The van der Waals surface area contributed by atoms with Gasteiger partial charge in [-0.2, -0.15) is 0 Å². The van der Waals surface area contributed by atoms with E-state index in [2.05, 4.69) is 9.80 Å². The highest BCUT2D eigenvalue weighted by Gasteiger charge is 2.26. The predicted molar refractivity (Wildman–Crippen MR) is 85.1 cm³/mol. The predicted octanol–water partition coefficient (Wildman–Crippen LogP) is 1.48. The van der Waals surface area contributed by atoms with Crippen molar-refractivity contribution in [3.05, 3.63) is 28.3 Å². The van der Waals surface area contributed by atoms with Crippen molar-refractivity contribution in [1.29, 1.82) is 0 Å².